The van der Waals surface area contributed by atoms with E-state index in [0.717, 1.165) is 28.2 Å². The molecular formula is C19H14O2. The number of fused-ring (bicyclic) bond motifs is 2. The van der Waals surface area contributed by atoms with Crippen LogP contribution in [0.25, 0.3) is 0 Å². The first-order valence-corrected chi connectivity index (χ1v) is 6.97. The van der Waals surface area contributed by atoms with Gasteiger partial charge in [0.1, 0.15) is 17.2 Å². The molecule has 3 aromatic carbocycles. The van der Waals surface area contributed by atoms with Crippen LogP contribution >= 0.6 is 0 Å². The molecule has 1 N–H and O–H groups in total. The van der Waals surface area contributed by atoms with E-state index in [1.54, 1.807) is 12.1 Å². The van der Waals surface area contributed by atoms with Gasteiger partial charge in [0.25, 0.3) is 0 Å². The smallest absolute Gasteiger partial charge is 0.131 e. The summed E-state index contributed by atoms with van der Waals surface area (Å²) in [5.74, 6) is 2.21. The van der Waals surface area contributed by atoms with Crippen molar-refractivity contribution in [3.63, 3.8) is 0 Å². The Balaban J connectivity index is 1.95. The van der Waals surface area contributed by atoms with E-state index in [0.29, 0.717) is 0 Å². The average Bonchev–Trinajstić information content (AvgIpc) is 2.53. The van der Waals surface area contributed by atoms with Gasteiger partial charge in [-0.15, -0.1) is 0 Å². The summed E-state index contributed by atoms with van der Waals surface area (Å²) in [5.41, 5.74) is 3.46. The summed E-state index contributed by atoms with van der Waals surface area (Å²) < 4.78 is 6.00. The number of hydrogen-bond donors (Lipinski definition) is 1. The molecule has 1 aliphatic heterocycles. The highest BCUT2D eigenvalue weighted by Crippen LogP contribution is 2.46. The number of rotatable bonds is 1. The minimum Gasteiger partial charge on any atom is -0.508 e. The number of ether oxygens (including phenoxy) is 1. The van der Waals surface area contributed by atoms with Gasteiger partial charge in [0.15, 0.2) is 0 Å². The zero-order valence-electron chi connectivity index (χ0n) is 11.4. The lowest BCUT2D eigenvalue weighted by atomic mass is 9.83. The fourth-order valence-corrected chi connectivity index (χ4v) is 2.94. The summed E-state index contributed by atoms with van der Waals surface area (Å²) in [5, 5.41) is 9.52. The van der Waals surface area contributed by atoms with E-state index in [4.69, 9.17) is 4.74 Å². The van der Waals surface area contributed by atoms with Crippen molar-refractivity contribution in [1.82, 2.24) is 0 Å². The average molecular weight is 274 g/mol. The molecule has 0 saturated carbocycles. The first-order valence-electron chi connectivity index (χ1n) is 6.97. The molecule has 0 atom stereocenters. The van der Waals surface area contributed by atoms with Gasteiger partial charge >= 0.3 is 0 Å². The van der Waals surface area contributed by atoms with Crippen molar-refractivity contribution in [2.24, 2.45) is 0 Å². The minimum atomic E-state index is 0.131. The third-order valence-electron chi connectivity index (χ3n) is 3.91. The second-order valence-corrected chi connectivity index (χ2v) is 5.20. The van der Waals surface area contributed by atoms with Gasteiger partial charge in [-0.25, -0.2) is 0 Å². The number of phenols is 1. The predicted octanol–water partition coefficient (Wildman–Crippen LogP) is 4.68. The van der Waals surface area contributed by atoms with Gasteiger partial charge in [0.05, 0.1) is 0 Å². The van der Waals surface area contributed by atoms with Crippen LogP contribution in [0.5, 0.6) is 17.2 Å². The van der Waals surface area contributed by atoms with E-state index in [1.165, 1.54) is 0 Å². The molecule has 0 spiro atoms. The summed E-state index contributed by atoms with van der Waals surface area (Å²) in [6, 6.07) is 23.6. The van der Waals surface area contributed by atoms with Crippen molar-refractivity contribution in [2.75, 3.05) is 0 Å². The molecule has 0 fully saturated rings. The van der Waals surface area contributed by atoms with Crippen molar-refractivity contribution in [2.45, 2.75) is 5.92 Å². The highest BCUT2D eigenvalue weighted by Gasteiger charge is 2.27. The molecule has 21 heavy (non-hydrogen) atoms. The van der Waals surface area contributed by atoms with Crippen molar-refractivity contribution in [3.05, 3.63) is 89.5 Å². The molecule has 0 aromatic heterocycles. The lowest BCUT2D eigenvalue weighted by Crippen LogP contribution is -2.11. The molecule has 1 heterocycles. The van der Waals surface area contributed by atoms with Crippen molar-refractivity contribution >= 4 is 0 Å². The Bertz CT molecular complexity index is 745. The van der Waals surface area contributed by atoms with Crippen LogP contribution in [0.1, 0.15) is 22.6 Å². The normalized spacial score (nSPS) is 13.1. The van der Waals surface area contributed by atoms with Gasteiger partial charge < -0.3 is 9.84 Å². The van der Waals surface area contributed by atoms with Crippen molar-refractivity contribution in [1.29, 1.82) is 0 Å². The molecule has 0 unspecified atom stereocenters. The first kappa shape index (κ1) is 12.0. The lowest BCUT2D eigenvalue weighted by Gasteiger charge is -2.28. The van der Waals surface area contributed by atoms with Gasteiger partial charge in [0, 0.05) is 17.0 Å². The molecule has 2 nitrogen and oxygen atoms in total. The summed E-state index contributed by atoms with van der Waals surface area (Å²) in [6.07, 6.45) is 0. The lowest BCUT2D eigenvalue weighted by molar-refractivity contribution is 0.452. The molecule has 102 valence electrons. The number of hydrogen-bond acceptors (Lipinski definition) is 2. The Labute approximate surface area is 123 Å². The van der Waals surface area contributed by atoms with E-state index in [-0.39, 0.29) is 11.7 Å². The van der Waals surface area contributed by atoms with E-state index < -0.39 is 0 Å². The van der Waals surface area contributed by atoms with E-state index in [1.807, 2.05) is 48.5 Å². The van der Waals surface area contributed by atoms with Gasteiger partial charge in [-0.1, -0.05) is 48.5 Å². The maximum Gasteiger partial charge on any atom is 0.131 e. The summed E-state index contributed by atoms with van der Waals surface area (Å²) in [4.78, 5) is 0. The summed E-state index contributed by atoms with van der Waals surface area (Å²) in [6.45, 7) is 0. The predicted molar refractivity (Wildman–Crippen MR) is 82.0 cm³/mol. The van der Waals surface area contributed by atoms with Crippen LogP contribution in [0, 0.1) is 0 Å². The van der Waals surface area contributed by atoms with Crippen molar-refractivity contribution < 1.29 is 9.84 Å². The number of benzene rings is 3. The van der Waals surface area contributed by atoms with Crippen LogP contribution in [0.15, 0.2) is 72.8 Å². The molecule has 0 aliphatic carbocycles. The standard InChI is InChI=1S/C19H14O2/c20-14-11-9-13(10-12-14)19-15-5-1-3-7-17(15)21-18-8-4-2-6-16(18)19/h1-12,19-20H. The topological polar surface area (TPSA) is 29.5 Å². The zero-order chi connectivity index (χ0) is 14.2. The molecule has 0 radical (unpaired) electrons. The maximum atomic E-state index is 9.52. The second kappa shape index (κ2) is 4.67. The van der Waals surface area contributed by atoms with E-state index >= 15 is 0 Å². The Morgan fingerprint density at radius 3 is 1.76 bits per heavy atom. The van der Waals surface area contributed by atoms with E-state index in [2.05, 4.69) is 12.1 Å². The zero-order valence-corrected chi connectivity index (χ0v) is 11.4. The maximum absolute atomic E-state index is 9.52. The third-order valence-corrected chi connectivity index (χ3v) is 3.91. The van der Waals surface area contributed by atoms with Crippen LogP contribution in [0.2, 0.25) is 0 Å². The Hall–Kier alpha value is -2.74. The minimum absolute atomic E-state index is 0.131. The third kappa shape index (κ3) is 1.96. The van der Waals surface area contributed by atoms with Gasteiger partial charge in [0.2, 0.25) is 0 Å². The summed E-state index contributed by atoms with van der Waals surface area (Å²) >= 11 is 0. The molecule has 3 aromatic rings. The highest BCUT2D eigenvalue weighted by molar-refractivity contribution is 5.58. The second-order valence-electron chi connectivity index (χ2n) is 5.20. The molecule has 1 aliphatic rings. The van der Waals surface area contributed by atoms with Crippen LogP contribution in [-0.4, -0.2) is 5.11 Å². The molecule has 4 rings (SSSR count). The monoisotopic (exact) mass is 274 g/mol. The Kier molecular flexibility index (Phi) is 2.68. The van der Waals surface area contributed by atoms with Crippen LogP contribution in [-0.2, 0) is 0 Å². The van der Waals surface area contributed by atoms with Crippen LogP contribution < -0.4 is 4.74 Å². The van der Waals surface area contributed by atoms with Gasteiger partial charge in [-0.05, 0) is 29.8 Å². The number of aromatic hydroxyl groups is 1. The fraction of sp³-hybridized carbons (Fsp3) is 0.0526. The van der Waals surface area contributed by atoms with Gasteiger partial charge in [-0.3, -0.25) is 0 Å². The first-order chi connectivity index (χ1) is 10.3. The Morgan fingerprint density at radius 1 is 0.667 bits per heavy atom. The number of para-hydroxylation sites is 2. The van der Waals surface area contributed by atoms with Gasteiger partial charge in [-0.2, -0.15) is 0 Å². The van der Waals surface area contributed by atoms with Crippen LogP contribution in [0.4, 0.5) is 0 Å². The largest absolute Gasteiger partial charge is 0.508 e. The van der Waals surface area contributed by atoms with E-state index in [9.17, 15) is 5.11 Å². The quantitative estimate of drug-likeness (QED) is 0.546. The Morgan fingerprint density at radius 2 is 1.19 bits per heavy atom. The van der Waals surface area contributed by atoms with Crippen molar-refractivity contribution in [3.8, 4) is 17.2 Å². The molecule has 0 bridgehead atoms. The fourth-order valence-electron chi connectivity index (χ4n) is 2.94. The highest BCUT2D eigenvalue weighted by atomic mass is 16.5. The molecule has 0 saturated heterocycles. The summed E-state index contributed by atoms with van der Waals surface area (Å²) in [7, 11) is 0. The molecule has 2 heteroatoms. The molecule has 0 amide bonds. The van der Waals surface area contributed by atoms with Crippen LogP contribution in [0.3, 0.4) is 0 Å². The SMILES string of the molecule is Oc1ccc(C2c3ccccc3Oc3ccccc32)cc1. The number of phenolic OH excluding ortho intramolecular Hbond substituents is 1. The molecular weight excluding hydrogens is 260 g/mol.